The van der Waals surface area contributed by atoms with Gasteiger partial charge in [-0.1, -0.05) is 12.1 Å². The highest BCUT2D eigenvalue weighted by molar-refractivity contribution is 6.05. The topological polar surface area (TPSA) is 143 Å². The molecule has 3 N–H and O–H groups in total. The first kappa shape index (κ1) is 21.4. The fourth-order valence-corrected chi connectivity index (χ4v) is 3.03. The Hall–Kier alpha value is -4.86. The number of amides is 1. The van der Waals surface area contributed by atoms with Gasteiger partial charge >= 0.3 is 5.76 Å². The van der Waals surface area contributed by atoms with Gasteiger partial charge in [0.2, 0.25) is 0 Å². The highest BCUT2D eigenvalue weighted by atomic mass is 16.6. The molecular formula is C23H18N4O6. The molecular weight excluding hydrogens is 428 g/mol. The van der Waals surface area contributed by atoms with E-state index in [9.17, 15) is 19.7 Å². The van der Waals surface area contributed by atoms with Crippen LogP contribution in [0.4, 0.5) is 17.1 Å². The summed E-state index contributed by atoms with van der Waals surface area (Å²) in [6.07, 6.45) is 1.48. The second-order valence-electron chi connectivity index (χ2n) is 6.96. The molecule has 0 aliphatic heterocycles. The number of nitrogens with one attached hydrogen (secondary N) is 1. The first-order valence-electron chi connectivity index (χ1n) is 9.75. The number of benzene rings is 3. The van der Waals surface area contributed by atoms with E-state index in [1.807, 2.05) is 0 Å². The molecule has 166 valence electrons. The van der Waals surface area contributed by atoms with Gasteiger partial charge in [-0.3, -0.25) is 14.9 Å². The molecule has 0 atom stereocenters. The predicted octanol–water partition coefficient (Wildman–Crippen LogP) is 3.75. The van der Waals surface area contributed by atoms with Gasteiger partial charge in [-0.25, -0.2) is 9.36 Å². The molecule has 0 unspecified atom stereocenters. The summed E-state index contributed by atoms with van der Waals surface area (Å²) in [6, 6.07) is 18.9. The number of nitrogen functional groups attached to an aromatic ring is 1. The van der Waals surface area contributed by atoms with Crippen LogP contribution in [0.3, 0.4) is 0 Å². The van der Waals surface area contributed by atoms with E-state index in [1.165, 1.54) is 35.0 Å². The summed E-state index contributed by atoms with van der Waals surface area (Å²) in [5.74, 6) is -0.298. The number of aromatic nitrogens is 1. The Kier molecular flexibility index (Phi) is 5.90. The van der Waals surface area contributed by atoms with Gasteiger partial charge in [-0.05, 0) is 48.5 Å². The quantitative estimate of drug-likeness (QED) is 0.250. The summed E-state index contributed by atoms with van der Waals surface area (Å²) < 4.78 is 12.0. The van der Waals surface area contributed by atoms with E-state index in [2.05, 4.69) is 5.32 Å². The largest absolute Gasteiger partial charge is 0.486 e. The molecule has 3 aromatic carbocycles. The van der Waals surface area contributed by atoms with Crippen molar-refractivity contribution < 1.29 is 18.9 Å². The molecule has 33 heavy (non-hydrogen) atoms. The summed E-state index contributed by atoms with van der Waals surface area (Å²) in [7, 11) is 0. The lowest BCUT2D eigenvalue weighted by molar-refractivity contribution is -0.384. The van der Waals surface area contributed by atoms with Gasteiger partial charge < -0.3 is 20.2 Å². The van der Waals surface area contributed by atoms with Crippen LogP contribution in [0.1, 0.15) is 16.1 Å². The molecule has 0 aliphatic rings. The number of oxazole rings is 1. The molecule has 10 heteroatoms. The number of carbonyl (C=O) groups excluding carboxylic acids is 1. The standard InChI is InChI=1S/C23H18N4O6/c24-20-3-1-2-4-21(20)25-22(28)15-5-7-16(8-6-15)26-13-19(33-23(26)29)14-32-18-11-9-17(10-12-18)27(30)31/h1-13H,14,24H2,(H,25,28). The van der Waals surface area contributed by atoms with Gasteiger partial charge in [0.15, 0.2) is 5.76 Å². The minimum absolute atomic E-state index is 0.0426. The van der Waals surface area contributed by atoms with Crippen molar-refractivity contribution in [2.45, 2.75) is 6.61 Å². The van der Waals surface area contributed by atoms with Crippen LogP contribution in [0.2, 0.25) is 0 Å². The van der Waals surface area contributed by atoms with E-state index in [4.69, 9.17) is 14.9 Å². The van der Waals surface area contributed by atoms with Crippen LogP contribution in [0.15, 0.2) is 88.2 Å². The van der Waals surface area contributed by atoms with Crippen molar-refractivity contribution in [1.82, 2.24) is 4.57 Å². The Morgan fingerprint density at radius 1 is 1.06 bits per heavy atom. The molecule has 0 aliphatic carbocycles. The van der Waals surface area contributed by atoms with E-state index < -0.39 is 10.7 Å². The Morgan fingerprint density at radius 3 is 2.42 bits per heavy atom. The Bertz CT molecular complexity index is 1360. The first-order chi connectivity index (χ1) is 15.9. The maximum Gasteiger partial charge on any atom is 0.423 e. The summed E-state index contributed by atoms with van der Waals surface area (Å²) in [5, 5.41) is 13.4. The van der Waals surface area contributed by atoms with Crippen LogP contribution < -0.4 is 21.5 Å². The average Bonchev–Trinajstić information content (AvgIpc) is 3.20. The fraction of sp³-hybridized carbons (Fsp3) is 0.0435. The summed E-state index contributed by atoms with van der Waals surface area (Å²) in [5.41, 5.74) is 7.65. The minimum Gasteiger partial charge on any atom is -0.486 e. The molecule has 10 nitrogen and oxygen atoms in total. The van der Waals surface area contributed by atoms with Crippen LogP contribution in [0.25, 0.3) is 5.69 Å². The van der Waals surface area contributed by atoms with E-state index in [0.29, 0.717) is 28.4 Å². The summed E-state index contributed by atoms with van der Waals surface area (Å²) >= 11 is 0. The van der Waals surface area contributed by atoms with Crippen LogP contribution in [-0.2, 0) is 6.61 Å². The van der Waals surface area contributed by atoms with Crippen LogP contribution >= 0.6 is 0 Å². The summed E-state index contributed by atoms with van der Waals surface area (Å²) in [6.45, 7) is -0.0426. The molecule has 1 aromatic heterocycles. The third kappa shape index (κ3) is 4.90. The molecule has 4 aromatic rings. The monoisotopic (exact) mass is 446 g/mol. The molecule has 0 radical (unpaired) electrons. The average molecular weight is 446 g/mol. The van der Waals surface area contributed by atoms with Gasteiger partial charge in [0.1, 0.15) is 12.4 Å². The van der Waals surface area contributed by atoms with Crippen molar-refractivity contribution in [1.29, 1.82) is 0 Å². The number of nitrogens with two attached hydrogens (primary N) is 1. The van der Waals surface area contributed by atoms with E-state index in [0.717, 1.165) is 0 Å². The van der Waals surface area contributed by atoms with Gasteiger partial charge in [-0.2, -0.15) is 0 Å². The number of rotatable bonds is 7. The number of nitro benzene ring substituents is 1. The molecule has 0 saturated heterocycles. The SMILES string of the molecule is Nc1ccccc1NC(=O)c1ccc(-n2cc(COc3ccc([N+](=O)[O-])cc3)oc2=O)cc1. The zero-order chi connectivity index (χ0) is 23.4. The molecule has 1 amide bonds. The predicted molar refractivity (Wildman–Crippen MR) is 121 cm³/mol. The second-order valence-corrected chi connectivity index (χ2v) is 6.96. The first-order valence-corrected chi connectivity index (χ1v) is 9.75. The zero-order valence-electron chi connectivity index (χ0n) is 17.1. The van der Waals surface area contributed by atoms with Gasteiger partial charge in [0.05, 0.1) is 28.2 Å². The Labute approximate surface area is 187 Å². The molecule has 0 spiro atoms. The maximum absolute atomic E-state index is 12.5. The smallest absolute Gasteiger partial charge is 0.423 e. The van der Waals surface area contributed by atoms with Crippen molar-refractivity contribution in [2.75, 3.05) is 11.1 Å². The maximum atomic E-state index is 12.5. The lowest BCUT2D eigenvalue weighted by Crippen LogP contribution is -2.14. The number of carbonyl (C=O) groups is 1. The van der Waals surface area contributed by atoms with Crippen molar-refractivity contribution in [3.8, 4) is 11.4 Å². The molecule has 1 heterocycles. The number of ether oxygens (including phenoxy) is 1. The van der Waals surface area contributed by atoms with Crippen molar-refractivity contribution in [3.63, 3.8) is 0 Å². The van der Waals surface area contributed by atoms with E-state index >= 15 is 0 Å². The minimum atomic E-state index is -0.619. The number of hydrogen-bond acceptors (Lipinski definition) is 7. The van der Waals surface area contributed by atoms with Gasteiger partial charge in [-0.15, -0.1) is 0 Å². The van der Waals surface area contributed by atoms with Crippen LogP contribution in [0, 0.1) is 10.1 Å². The van der Waals surface area contributed by atoms with Crippen molar-refractivity contribution in [3.05, 3.63) is 111 Å². The molecule has 0 fully saturated rings. The van der Waals surface area contributed by atoms with E-state index in [-0.39, 0.29) is 24.0 Å². The number of para-hydroxylation sites is 2. The van der Waals surface area contributed by atoms with Crippen LogP contribution in [0.5, 0.6) is 5.75 Å². The lowest BCUT2D eigenvalue weighted by atomic mass is 10.2. The highest BCUT2D eigenvalue weighted by Gasteiger charge is 2.12. The third-order valence-electron chi connectivity index (χ3n) is 4.73. The summed E-state index contributed by atoms with van der Waals surface area (Å²) in [4.78, 5) is 34.9. The molecule has 0 saturated carbocycles. The zero-order valence-corrected chi connectivity index (χ0v) is 17.1. The number of nitro groups is 1. The molecule has 0 bridgehead atoms. The van der Waals surface area contributed by atoms with Crippen molar-refractivity contribution >= 4 is 23.0 Å². The second kappa shape index (κ2) is 9.10. The Balaban J connectivity index is 1.43. The normalized spacial score (nSPS) is 10.5. The van der Waals surface area contributed by atoms with Crippen molar-refractivity contribution in [2.24, 2.45) is 0 Å². The number of hydrogen-bond donors (Lipinski definition) is 2. The van der Waals surface area contributed by atoms with Gasteiger partial charge in [0.25, 0.3) is 11.6 Å². The number of anilines is 2. The number of non-ortho nitro benzene ring substituents is 1. The van der Waals surface area contributed by atoms with E-state index in [1.54, 1.807) is 48.5 Å². The Morgan fingerprint density at radius 2 is 1.76 bits per heavy atom. The number of nitrogens with zero attached hydrogens (tertiary/aromatic N) is 2. The molecule has 4 rings (SSSR count). The fourth-order valence-electron chi connectivity index (χ4n) is 3.03. The third-order valence-corrected chi connectivity index (χ3v) is 4.73. The van der Waals surface area contributed by atoms with Crippen LogP contribution in [-0.4, -0.2) is 15.4 Å². The van der Waals surface area contributed by atoms with Gasteiger partial charge in [0, 0.05) is 17.7 Å². The lowest BCUT2D eigenvalue weighted by Gasteiger charge is -2.08. The highest BCUT2D eigenvalue weighted by Crippen LogP contribution is 2.20.